The second kappa shape index (κ2) is 12.6. The van der Waals surface area contributed by atoms with Crippen molar-refractivity contribution in [3.05, 3.63) is 82.4 Å². The number of likely N-dealkylation sites (tertiary alicyclic amines) is 1. The van der Waals surface area contributed by atoms with E-state index in [0.717, 1.165) is 62.2 Å². The summed E-state index contributed by atoms with van der Waals surface area (Å²) in [5, 5.41) is 5.25. The molecule has 0 amide bonds. The van der Waals surface area contributed by atoms with Crippen LogP contribution in [0.4, 0.5) is 0 Å². The molecule has 1 fully saturated rings. The molecule has 3 aromatic rings. The van der Waals surface area contributed by atoms with Gasteiger partial charge in [0.05, 0.1) is 12.3 Å². The number of hydrogen-bond acceptors (Lipinski definition) is 5. The molecule has 188 valence electrons. The van der Waals surface area contributed by atoms with E-state index >= 15 is 0 Å². The second-order valence-electron chi connectivity index (χ2n) is 9.67. The summed E-state index contributed by atoms with van der Waals surface area (Å²) in [6.07, 6.45) is 7.22. The Bertz CT molecular complexity index is 1030. The fourth-order valence-corrected chi connectivity index (χ4v) is 5.55. The number of pyridine rings is 1. The molecule has 1 aromatic carbocycles. The van der Waals surface area contributed by atoms with E-state index in [9.17, 15) is 0 Å². The van der Waals surface area contributed by atoms with Crippen molar-refractivity contribution in [2.45, 2.75) is 45.3 Å². The number of aryl methyl sites for hydroxylation is 2. The highest BCUT2D eigenvalue weighted by molar-refractivity contribution is 6.30. The first kappa shape index (κ1) is 25.8. The summed E-state index contributed by atoms with van der Waals surface area (Å²) in [4.78, 5) is 9.51. The zero-order valence-electron chi connectivity index (χ0n) is 21.2. The second-order valence-corrected chi connectivity index (χ2v) is 10.0. The predicted octanol–water partition coefficient (Wildman–Crippen LogP) is 4.75. The third-order valence-electron chi connectivity index (χ3n) is 7.28. The van der Waals surface area contributed by atoms with Gasteiger partial charge in [-0.15, -0.1) is 0 Å². The van der Waals surface area contributed by atoms with Crippen molar-refractivity contribution >= 4 is 11.6 Å². The van der Waals surface area contributed by atoms with Crippen LogP contribution in [0.1, 0.15) is 35.2 Å². The van der Waals surface area contributed by atoms with Crippen LogP contribution in [-0.2, 0) is 31.3 Å². The van der Waals surface area contributed by atoms with Crippen molar-refractivity contribution in [3.8, 4) is 0 Å². The molecule has 35 heavy (non-hydrogen) atoms. The van der Waals surface area contributed by atoms with Crippen LogP contribution >= 0.6 is 11.6 Å². The molecule has 4 rings (SSSR count). The molecule has 0 N–H and O–H groups in total. The first-order valence-corrected chi connectivity index (χ1v) is 13.0. The highest BCUT2D eigenvalue weighted by Gasteiger charge is 2.31. The molecule has 0 radical (unpaired) electrons. The first-order valence-electron chi connectivity index (χ1n) is 12.6. The third-order valence-corrected chi connectivity index (χ3v) is 7.75. The average molecular weight is 496 g/mol. The van der Waals surface area contributed by atoms with Crippen LogP contribution in [0, 0.1) is 12.8 Å². The lowest BCUT2D eigenvalue weighted by Gasteiger charge is -2.41. The molecule has 2 aromatic heterocycles. The van der Waals surface area contributed by atoms with E-state index in [2.05, 4.69) is 63.2 Å². The molecule has 0 bridgehead atoms. The van der Waals surface area contributed by atoms with Crippen LogP contribution < -0.4 is 0 Å². The van der Waals surface area contributed by atoms with Crippen LogP contribution in [0.2, 0.25) is 5.15 Å². The highest BCUT2D eigenvalue weighted by atomic mass is 35.5. The molecule has 1 aliphatic heterocycles. The predicted molar refractivity (Wildman–Crippen MR) is 141 cm³/mol. The van der Waals surface area contributed by atoms with Gasteiger partial charge in [-0.05, 0) is 62.4 Å². The van der Waals surface area contributed by atoms with E-state index in [1.807, 2.05) is 25.5 Å². The van der Waals surface area contributed by atoms with Crippen molar-refractivity contribution in [2.24, 2.45) is 13.0 Å². The number of benzene rings is 1. The van der Waals surface area contributed by atoms with Gasteiger partial charge in [0, 0.05) is 57.8 Å². The summed E-state index contributed by atoms with van der Waals surface area (Å²) in [6, 6.07) is 15.6. The Morgan fingerprint density at radius 3 is 2.49 bits per heavy atom. The number of ether oxygens (including phenoxy) is 1. The van der Waals surface area contributed by atoms with Gasteiger partial charge in [0.25, 0.3) is 0 Å². The van der Waals surface area contributed by atoms with Crippen LogP contribution in [0.15, 0.2) is 54.9 Å². The van der Waals surface area contributed by atoms with Crippen molar-refractivity contribution in [1.82, 2.24) is 24.6 Å². The highest BCUT2D eigenvalue weighted by Crippen LogP contribution is 2.30. The number of rotatable bonds is 11. The van der Waals surface area contributed by atoms with Crippen molar-refractivity contribution < 1.29 is 4.74 Å². The fourth-order valence-electron chi connectivity index (χ4n) is 5.32. The van der Waals surface area contributed by atoms with Gasteiger partial charge in [-0.2, -0.15) is 5.10 Å². The van der Waals surface area contributed by atoms with Crippen LogP contribution in [0.25, 0.3) is 0 Å². The number of hydrogen-bond donors (Lipinski definition) is 0. The molecule has 0 aliphatic carbocycles. The Kier molecular flexibility index (Phi) is 9.32. The minimum absolute atomic E-state index is 0.443. The Balaban J connectivity index is 1.49. The molecule has 1 atom stereocenters. The smallest absolute Gasteiger partial charge is 0.131 e. The standard InChI is InChI=1S/C28H38ClN5O/c1-22-26(28(29)32(2)31-22)21-33-14-11-25(12-15-33)27(18-23-8-5-4-6-9-23)34(16-17-35-3)20-24-10-7-13-30-19-24/h4-10,13,19,25,27H,11-12,14-18,20-21H2,1-3H3. The third kappa shape index (κ3) is 6.91. The van der Waals surface area contributed by atoms with Gasteiger partial charge in [-0.25, -0.2) is 0 Å². The van der Waals surface area contributed by atoms with Crippen LogP contribution in [0.5, 0.6) is 0 Å². The zero-order valence-corrected chi connectivity index (χ0v) is 22.0. The SMILES string of the molecule is COCCN(Cc1cccnc1)C(Cc1ccccc1)C1CCN(Cc2c(C)nn(C)c2Cl)CC1. The lowest BCUT2D eigenvalue weighted by molar-refractivity contribution is 0.0570. The number of nitrogens with zero attached hydrogens (tertiary/aromatic N) is 5. The maximum atomic E-state index is 6.52. The molecule has 6 nitrogen and oxygen atoms in total. The number of piperidine rings is 1. The monoisotopic (exact) mass is 495 g/mol. The molecular weight excluding hydrogens is 458 g/mol. The molecule has 0 spiro atoms. The van der Waals surface area contributed by atoms with Crippen molar-refractivity contribution in [2.75, 3.05) is 33.4 Å². The van der Waals surface area contributed by atoms with E-state index in [1.165, 1.54) is 24.0 Å². The van der Waals surface area contributed by atoms with E-state index in [-0.39, 0.29) is 0 Å². The van der Waals surface area contributed by atoms with Gasteiger partial charge in [-0.1, -0.05) is 48.0 Å². The normalized spacial score (nSPS) is 16.1. The molecular formula is C28H38ClN5O. The average Bonchev–Trinajstić information content (AvgIpc) is 3.13. The van der Waals surface area contributed by atoms with E-state index in [0.29, 0.717) is 12.0 Å². The van der Waals surface area contributed by atoms with Crippen LogP contribution in [0.3, 0.4) is 0 Å². The van der Waals surface area contributed by atoms with E-state index in [1.54, 1.807) is 11.8 Å². The summed E-state index contributed by atoms with van der Waals surface area (Å²) in [6.45, 7) is 7.60. The maximum absolute atomic E-state index is 6.52. The molecule has 1 unspecified atom stereocenters. The lowest BCUT2D eigenvalue weighted by atomic mass is 9.84. The van der Waals surface area contributed by atoms with Gasteiger partial charge < -0.3 is 4.74 Å². The Morgan fingerprint density at radius 1 is 1.11 bits per heavy atom. The molecule has 1 aliphatic rings. The summed E-state index contributed by atoms with van der Waals surface area (Å²) < 4.78 is 7.30. The first-order chi connectivity index (χ1) is 17.0. The van der Waals surface area contributed by atoms with E-state index < -0.39 is 0 Å². The number of aromatic nitrogens is 3. The van der Waals surface area contributed by atoms with Crippen LogP contribution in [-0.4, -0.2) is 64.0 Å². The van der Waals surface area contributed by atoms with E-state index in [4.69, 9.17) is 16.3 Å². The fraction of sp³-hybridized carbons (Fsp3) is 0.500. The Hall–Kier alpha value is -2.25. The van der Waals surface area contributed by atoms with Crippen molar-refractivity contribution in [1.29, 1.82) is 0 Å². The van der Waals surface area contributed by atoms with Gasteiger partial charge in [-0.3, -0.25) is 19.5 Å². The summed E-state index contributed by atoms with van der Waals surface area (Å²) >= 11 is 6.52. The summed E-state index contributed by atoms with van der Waals surface area (Å²) in [5.41, 5.74) is 4.84. The number of halogens is 1. The molecule has 1 saturated heterocycles. The quantitative estimate of drug-likeness (QED) is 0.384. The summed E-state index contributed by atoms with van der Waals surface area (Å²) in [5.74, 6) is 0.616. The van der Waals surface area contributed by atoms with Gasteiger partial charge in [0.1, 0.15) is 5.15 Å². The van der Waals surface area contributed by atoms with Crippen molar-refractivity contribution in [3.63, 3.8) is 0 Å². The minimum atomic E-state index is 0.443. The lowest BCUT2D eigenvalue weighted by Crippen LogP contribution is -2.47. The number of methoxy groups -OCH3 is 1. The molecule has 0 saturated carbocycles. The largest absolute Gasteiger partial charge is 0.383 e. The Labute approximate surface area is 214 Å². The molecule has 3 heterocycles. The van der Waals surface area contributed by atoms with Gasteiger partial charge >= 0.3 is 0 Å². The minimum Gasteiger partial charge on any atom is -0.383 e. The Morgan fingerprint density at radius 2 is 1.86 bits per heavy atom. The summed E-state index contributed by atoms with van der Waals surface area (Å²) in [7, 11) is 3.70. The van der Waals surface area contributed by atoms with Gasteiger partial charge in [0.2, 0.25) is 0 Å². The van der Waals surface area contributed by atoms with Gasteiger partial charge in [0.15, 0.2) is 0 Å². The zero-order chi connectivity index (χ0) is 24.6. The molecule has 7 heteroatoms. The topological polar surface area (TPSA) is 46.4 Å². The maximum Gasteiger partial charge on any atom is 0.131 e.